The number of carboxylic acid groups (broad SMARTS) is 1. The van der Waals surface area contributed by atoms with Crippen molar-refractivity contribution in [2.45, 2.75) is 6.92 Å². The standard InChI is InChI=1S/C8H7NO5/c1-4-2-7(10)6(9(13)14)3-5(4)8(11)12/h2-3,10H,1H3,(H,11,12). The molecule has 0 aromatic heterocycles. The van der Waals surface area contributed by atoms with Crippen LogP contribution in [0, 0.1) is 17.0 Å². The molecule has 0 aliphatic heterocycles. The number of hydrogen-bond donors (Lipinski definition) is 2. The van der Waals surface area contributed by atoms with Crippen LogP contribution in [0.25, 0.3) is 0 Å². The largest absolute Gasteiger partial charge is 0.502 e. The van der Waals surface area contributed by atoms with Crippen molar-refractivity contribution in [3.8, 4) is 5.75 Å². The number of aromatic hydroxyl groups is 1. The van der Waals surface area contributed by atoms with Crippen LogP contribution in [0.15, 0.2) is 12.1 Å². The van der Waals surface area contributed by atoms with Crippen molar-refractivity contribution >= 4 is 11.7 Å². The number of phenolic OH excluding ortho intramolecular Hbond substituents is 1. The molecule has 0 bridgehead atoms. The Balaban J connectivity index is 3.42. The van der Waals surface area contributed by atoms with Gasteiger partial charge in [0.05, 0.1) is 10.5 Å². The molecule has 0 amide bonds. The van der Waals surface area contributed by atoms with Crippen molar-refractivity contribution in [1.29, 1.82) is 0 Å². The number of nitro groups is 1. The molecular weight excluding hydrogens is 190 g/mol. The third kappa shape index (κ3) is 1.63. The molecule has 74 valence electrons. The highest BCUT2D eigenvalue weighted by Crippen LogP contribution is 2.28. The highest BCUT2D eigenvalue weighted by atomic mass is 16.6. The van der Waals surface area contributed by atoms with E-state index in [1.807, 2.05) is 0 Å². The minimum absolute atomic E-state index is 0.186. The van der Waals surface area contributed by atoms with E-state index in [9.17, 15) is 14.9 Å². The summed E-state index contributed by atoms with van der Waals surface area (Å²) in [7, 11) is 0. The molecular formula is C8H7NO5. The molecule has 0 atom stereocenters. The molecule has 0 aliphatic carbocycles. The number of nitrogens with zero attached hydrogens (tertiary/aromatic N) is 1. The Hall–Kier alpha value is -2.11. The van der Waals surface area contributed by atoms with Gasteiger partial charge in [0.15, 0.2) is 5.75 Å². The van der Waals surface area contributed by atoms with Crippen LogP contribution in [-0.2, 0) is 0 Å². The van der Waals surface area contributed by atoms with Gasteiger partial charge in [0.25, 0.3) is 0 Å². The van der Waals surface area contributed by atoms with Crippen molar-refractivity contribution in [3.63, 3.8) is 0 Å². The van der Waals surface area contributed by atoms with E-state index in [2.05, 4.69) is 0 Å². The molecule has 1 aromatic carbocycles. The van der Waals surface area contributed by atoms with E-state index in [0.717, 1.165) is 12.1 Å². The molecule has 0 heterocycles. The van der Waals surface area contributed by atoms with Gasteiger partial charge in [-0.05, 0) is 18.6 Å². The predicted octanol–water partition coefficient (Wildman–Crippen LogP) is 1.31. The third-order valence-corrected chi connectivity index (χ3v) is 1.75. The lowest BCUT2D eigenvalue weighted by molar-refractivity contribution is -0.385. The number of phenols is 1. The Kier molecular flexibility index (Phi) is 2.37. The molecule has 14 heavy (non-hydrogen) atoms. The zero-order chi connectivity index (χ0) is 10.9. The molecule has 1 rings (SSSR count). The number of rotatable bonds is 2. The van der Waals surface area contributed by atoms with E-state index in [-0.39, 0.29) is 11.1 Å². The Labute approximate surface area is 78.6 Å². The highest BCUT2D eigenvalue weighted by molar-refractivity contribution is 5.90. The normalized spacial score (nSPS) is 9.79. The van der Waals surface area contributed by atoms with Crippen molar-refractivity contribution in [2.24, 2.45) is 0 Å². The van der Waals surface area contributed by atoms with Crippen LogP contribution in [0.4, 0.5) is 5.69 Å². The molecule has 0 spiro atoms. The highest BCUT2D eigenvalue weighted by Gasteiger charge is 2.18. The zero-order valence-corrected chi connectivity index (χ0v) is 7.22. The predicted molar refractivity (Wildman–Crippen MR) is 46.5 cm³/mol. The average molecular weight is 197 g/mol. The van der Waals surface area contributed by atoms with Gasteiger partial charge in [0.1, 0.15) is 0 Å². The first-order valence-corrected chi connectivity index (χ1v) is 3.64. The lowest BCUT2D eigenvalue weighted by atomic mass is 10.1. The van der Waals surface area contributed by atoms with E-state index < -0.39 is 22.3 Å². The number of benzene rings is 1. The Morgan fingerprint density at radius 3 is 2.50 bits per heavy atom. The van der Waals surface area contributed by atoms with Gasteiger partial charge in [-0.15, -0.1) is 0 Å². The Bertz CT molecular complexity index is 377. The fourth-order valence-electron chi connectivity index (χ4n) is 1.06. The van der Waals surface area contributed by atoms with Crippen molar-refractivity contribution in [3.05, 3.63) is 33.4 Å². The second-order valence-corrected chi connectivity index (χ2v) is 2.72. The van der Waals surface area contributed by atoms with Crippen LogP contribution in [-0.4, -0.2) is 21.1 Å². The van der Waals surface area contributed by atoms with Crippen LogP contribution in [0.1, 0.15) is 15.9 Å². The van der Waals surface area contributed by atoms with Crippen molar-refractivity contribution in [2.75, 3.05) is 0 Å². The fourth-order valence-corrected chi connectivity index (χ4v) is 1.06. The SMILES string of the molecule is Cc1cc(O)c([N+](=O)[O-])cc1C(=O)O. The molecule has 0 radical (unpaired) electrons. The number of aromatic carboxylic acids is 1. The van der Waals surface area contributed by atoms with Gasteiger partial charge < -0.3 is 10.2 Å². The van der Waals surface area contributed by atoms with Crippen LogP contribution in [0.5, 0.6) is 5.75 Å². The van der Waals surface area contributed by atoms with Gasteiger partial charge in [-0.25, -0.2) is 4.79 Å². The third-order valence-electron chi connectivity index (χ3n) is 1.75. The quantitative estimate of drug-likeness (QED) is 0.549. The van der Waals surface area contributed by atoms with E-state index in [4.69, 9.17) is 10.2 Å². The van der Waals surface area contributed by atoms with Gasteiger partial charge in [-0.1, -0.05) is 0 Å². The van der Waals surface area contributed by atoms with E-state index in [0.29, 0.717) is 0 Å². The minimum Gasteiger partial charge on any atom is -0.502 e. The maximum absolute atomic E-state index is 10.6. The maximum atomic E-state index is 10.6. The van der Waals surface area contributed by atoms with Crippen LogP contribution in [0.3, 0.4) is 0 Å². The van der Waals surface area contributed by atoms with E-state index in [1.54, 1.807) is 0 Å². The first kappa shape index (κ1) is 9.97. The average Bonchev–Trinajstić information content (AvgIpc) is 2.02. The monoisotopic (exact) mass is 197 g/mol. The summed E-state index contributed by atoms with van der Waals surface area (Å²) in [6.07, 6.45) is 0. The van der Waals surface area contributed by atoms with Gasteiger partial charge in [-0.2, -0.15) is 0 Å². The van der Waals surface area contributed by atoms with Crippen LogP contribution >= 0.6 is 0 Å². The van der Waals surface area contributed by atoms with Gasteiger partial charge in [0.2, 0.25) is 0 Å². The summed E-state index contributed by atoms with van der Waals surface area (Å²) in [5, 5.41) is 28.2. The lowest BCUT2D eigenvalue weighted by Crippen LogP contribution is -2.01. The van der Waals surface area contributed by atoms with E-state index in [1.165, 1.54) is 6.92 Å². The number of carboxylic acids is 1. The number of nitro benzene ring substituents is 1. The Morgan fingerprint density at radius 1 is 1.50 bits per heavy atom. The van der Waals surface area contributed by atoms with Crippen molar-refractivity contribution < 1.29 is 19.9 Å². The lowest BCUT2D eigenvalue weighted by Gasteiger charge is -2.01. The van der Waals surface area contributed by atoms with E-state index >= 15 is 0 Å². The summed E-state index contributed by atoms with van der Waals surface area (Å²) in [5.41, 5.74) is -0.511. The summed E-state index contributed by atoms with van der Waals surface area (Å²) < 4.78 is 0. The summed E-state index contributed by atoms with van der Waals surface area (Å²) in [4.78, 5) is 20.1. The maximum Gasteiger partial charge on any atom is 0.336 e. The van der Waals surface area contributed by atoms with Gasteiger partial charge >= 0.3 is 11.7 Å². The molecule has 1 aromatic rings. The molecule has 6 heteroatoms. The number of carbonyl (C=O) groups is 1. The molecule has 0 saturated carbocycles. The second kappa shape index (κ2) is 3.33. The molecule has 0 fully saturated rings. The van der Waals surface area contributed by atoms with Crippen LogP contribution in [0.2, 0.25) is 0 Å². The summed E-state index contributed by atoms with van der Waals surface area (Å²) in [6.45, 7) is 1.45. The molecule has 0 aliphatic rings. The molecule has 6 nitrogen and oxygen atoms in total. The minimum atomic E-state index is -1.26. The topological polar surface area (TPSA) is 101 Å². The first-order valence-electron chi connectivity index (χ1n) is 3.64. The molecule has 0 saturated heterocycles. The zero-order valence-electron chi connectivity index (χ0n) is 7.22. The summed E-state index contributed by atoms with van der Waals surface area (Å²) >= 11 is 0. The molecule has 2 N–H and O–H groups in total. The van der Waals surface area contributed by atoms with Crippen molar-refractivity contribution in [1.82, 2.24) is 0 Å². The van der Waals surface area contributed by atoms with Crippen LogP contribution < -0.4 is 0 Å². The fraction of sp³-hybridized carbons (Fsp3) is 0.125. The van der Waals surface area contributed by atoms with Gasteiger partial charge in [0, 0.05) is 6.07 Å². The number of hydrogen-bond acceptors (Lipinski definition) is 4. The summed E-state index contributed by atoms with van der Waals surface area (Å²) in [6, 6.07) is 1.90. The Morgan fingerprint density at radius 2 is 2.07 bits per heavy atom. The first-order chi connectivity index (χ1) is 6.43. The van der Waals surface area contributed by atoms with Gasteiger partial charge in [-0.3, -0.25) is 10.1 Å². The second-order valence-electron chi connectivity index (χ2n) is 2.72. The molecule has 0 unspecified atom stereocenters. The smallest absolute Gasteiger partial charge is 0.336 e. The summed E-state index contributed by atoms with van der Waals surface area (Å²) in [5.74, 6) is -1.79. The number of aryl methyl sites for hydroxylation is 1.